The molecule has 0 amide bonds. The van der Waals surface area contributed by atoms with E-state index in [0.29, 0.717) is 0 Å². The molecule has 0 nitrogen and oxygen atoms in total. The molecule has 0 aromatic rings. The van der Waals surface area contributed by atoms with Gasteiger partial charge in [-0.2, -0.15) is 12.3 Å². The maximum Gasteiger partial charge on any atom is 2.00 e. The van der Waals surface area contributed by atoms with Gasteiger partial charge in [-0.05, 0) is 0 Å². The van der Waals surface area contributed by atoms with Gasteiger partial charge in [0.15, 0.2) is 0 Å². The summed E-state index contributed by atoms with van der Waals surface area (Å²) >= 11 is 0. The normalized spacial score (nSPS) is 22.1. The van der Waals surface area contributed by atoms with Crippen LogP contribution in [0.1, 0.15) is 32.1 Å². The Labute approximate surface area is 100 Å². The molecular weight excluding hydrogens is 476 g/mol. The summed E-state index contributed by atoms with van der Waals surface area (Å²) in [4.78, 5) is 0. The van der Waals surface area contributed by atoms with Crippen molar-refractivity contribution in [3.63, 3.8) is 0 Å². The van der Waals surface area contributed by atoms with Crippen LogP contribution >= 0.6 is 0 Å². The summed E-state index contributed by atoms with van der Waals surface area (Å²) in [6.07, 6.45) is 9.10. The Bertz CT molecular complexity index is 58.6. The van der Waals surface area contributed by atoms with Gasteiger partial charge < -0.3 is 20.8 Å². The van der Waals surface area contributed by atoms with E-state index in [1.165, 1.54) is 25.7 Å². The fourth-order valence-corrected chi connectivity index (χ4v) is 1.28. The van der Waals surface area contributed by atoms with Crippen molar-refractivity contribution in [3.8, 4) is 0 Å². The Morgan fingerprint density at radius 1 is 1.36 bits per heavy atom. The van der Waals surface area contributed by atoms with Gasteiger partial charge in [-0.25, -0.2) is 6.42 Å². The molecule has 1 aliphatic rings. The van der Waals surface area contributed by atoms with Gasteiger partial charge in [0, 0.05) is 21.1 Å². The zero-order chi connectivity index (χ0) is 5.82. The molecule has 0 aromatic heterocycles. The van der Waals surface area contributed by atoms with E-state index in [4.69, 9.17) is 0 Å². The zero-order valence-electron chi connectivity index (χ0n) is 7.21. The Hall–Kier alpha value is 1.38. The van der Waals surface area contributed by atoms with E-state index in [0.717, 1.165) is 12.3 Å². The van der Waals surface area contributed by atoms with Gasteiger partial charge in [-0.3, -0.25) is 0 Å². The predicted molar refractivity (Wildman–Crippen MR) is 42.6 cm³/mol. The van der Waals surface area contributed by atoms with Crippen molar-refractivity contribution in [2.45, 2.75) is 32.1 Å². The molecule has 1 rings (SSSR count). The van der Waals surface area contributed by atoms with E-state index in [1.807, 2.05) is 0 Å². The number of rotatable bonds is 1. The predicted octanol–water partition coefficient (Wildman–Crippen LogP) is 3.05. The fraction of sp³-hybridized carbons (Fsp3) is 0.667. The molecule has 1 atom stereocenters. The first-order valence-electron chi connectivity index (χ1n) is 3.56. The van der Waals surface area contributed by atoms with Crippen LogP contribution in [-0.2, 0) is 42.1 Å². The first-order valence-corrected chi connectivity index (χ1v) is 3.56. The molecule has 1 aliphatic carbocycles. The van der Waals surface area contributed by atoms with Gasteiger partial charge in [-0.1, -0.05) is 19.3 Å². The zero-order valence-corrected chi connectivity index (χ0v) is 13.1. The molecular formula is C9H17W2-. The van der Waals surface area contributed by atoms with Crippen LogP contribution in [0.4, 0.5) is 0 Å². The summed E-state index contributed by atoms with van der Waals surface area (Å²) in [5, 5.41) is 0. The van der Waals surface area contributed by atoms with Crippen LogP contribution < -0.4 is 0 Å². The minimum absolute atomic E-state index is 0. The van der Waals surface area contributed by atoms with E-state index in [9.17, 15) is 0 Å². The third-order valence-corrected chi connectivity index (χ3v) is 1.90. The van der Waals surface area contributed by atoms with Crippen LogP contribution in [0.15, 0.2) is 0 Å². The van der Waals surface area contributed by atoms with Crippen molar-refractivity contribution in [2.75, 3.05) is 0 Å². The van der Waals surface area contributed by atoms with Crippen molar-refractivity contribution >= 4 is 0 Å². The topological polar surface area (TPSA) is 0 Å². The molecule has 1 fully saturated rings. The molecule has 0 radical (unpaired) electrons. The third-order valence-electron chi connectivity index (χ3n) is 1.90. The smallest absolute Gasteiger partial charge is 0.358 e. The van der Waals surface area contributed by atoms with Gasteiger partial charge >= 0.3 is 21.1 Å². The minimum Gasteiger partial charge on any atom is -0.358 e. The maximum absolute atomic E-state index is 3.88. The quantitative estimate of drug-likeness (QED) is 0.494. The molecule has 0 aliphatic heterocycles. The van der Waals surface area contributed by atoms with Gasteiger partial charge in [0.2, 0.25) is 0 Å². The first-order chi connectivity index (χ1) is 3.93. The van der Waals surface area contributed by atoms with Crippen molar-refractivity contribution < 1.29 is 42.1 Å². The summed E-state index contributed by atoms with van der Waals surface area (Å²) in [6, 6.07) is 0. The summed E-state index contributed by atoms with van der Waals surface area (Å²) in [6.45, 7) is 3.88. The average Bonchev–Trinajstić information content (AvgIpc) is 1.90. The van der Waals surface area contributed by atoms with Crippen LogP contribution in [-0.4, -0.2) is 0 Å². The van der Waals surface area contributed by atoms with Crippen molar-refractivity contribution in [2.24, 2.45) is 5.92 Å². The van der Waals surface area contributed by atoms with Crippen molar-refractivity contribution in [1.82, 2.24) is 0 Å². The molecule has 66 valence electrons. The molecule has 0 saturated heterocycles. The van der Waals surface area contributed by atoms with E-state index in [1.54, 1.807) is 0 Å². The van der Waals surface area contributed by atoms with Crippen molar-refractivity contribution in [1.29, 1.82) is 0 Å². The van der Waals surface area contributed by atoms with Crippen LogP contribution in [0.5, 0.6) is 0 Å². The van der Waals surface area contributed by atoms with E-state index >= 15 is 0 Å². The number of hydrogen-bond donors (Lipinski definition) is 0. The van der Waals surface area contributed by atoms with E-state index in [2.05, 4.69) is 13.3 Å². The molecule has 0 N–H and O–H groups in total. The molecule has 2 heteroatoms. The molecule has 0 aromatic carbocycles. The average molecular weight is 493 g/mol. The SMILES string of the molecule is [CH2-]CC1[CH-]CCCC1.[CH3-].[W+2].[W]. The Balaban J connectivity index is -0.000000213. The van der Waals surface area contributed by atoms with Gasteiger partial charge in [-0.15, -0.1) is 0 Å². The Kier molecular flexibility index (Phi) is 18.8. The van der Waals surface area contributed by atoms with Gasteiger partial charge in [0.05, 0.1) is 0 Å². The molecule has 0 spiro atoms. The molecule has 0 heterocycles. The second kappa shape index (κ2) is 11.4. The van der Waals surface area contributed by atoms with E-state index in [-0.39, 0.29) is 49.6 Å². The second-order valence-corrected chi connectivity index (χ2v) is 2.57. The molecule has 0 bridgehead atoms. The fourth-order valence-electron chi connectivity index (χ4n) is 1.28. The summed E-state index contributed by atoms with van der Waals surface area (Å²) < 4.78 is 0. The molecule has 1 saturated carbocycles. The third kappa shape index (κ3) is 7.73. The van der Waals surface area contributed by atoms with Crippen LogP contribution in [0.2, 0.25) is 0 Å². The Morgan fingerprint density at radius 2 is 2.00 bits per heavy atom. The summed E-state index contributed by atoms with van der Waals surface area (Å²) in [5.74, 6) is 0.851. The molecule has 1 unspecified atom stereocenters. The monoisotopic (exact) mass is 493 g/mol. The standard InChI is InChI=1S/C8H14.CH3.2W/c1-2-8-6-4-3-5-7-8;;;/h6,8H,1-5,7H2;1H3;;/q-2;-1;;+2. The largest absolute Gasteiger partial charge is 2.00 e. The summed E-state index contributed by atoms with van der Waals surface area (Å²) in [5.41, 5.74) is 0. The van der Waals surface area contributed by atoms with Crippen molar-refractivity contribution in [3.05, 3.63) is 20.8 Å². The van der Waals surface area contributed by atoms with Crippen LogP contribution in [0, 0.1) is 26.7 Å². The second-order valence-electron chi connectivity index (χ2n) is 2.57. The minimum atomic E-state index is 0. The van der Waals surface area contributed by atoms with Gasteiger partial charge in [0.25, 0.3) is 0 Å². The maximum atomic E-state index is 3.88. The van der Waals surface area contributed by atoms with Crippen LogP contribution in [0.3, 0.4) is 0 Å². The summed E-state index contributed by atoms with van der Waals surface area (Å²) in [7, 11) is 0. The first kappa shape index (κ1) is 18.2. The van der Waals surface area contributed by atoms with Gasteiger partial charge in [0.1, 0.15) is 0 Å². The number of hydrogen-bond acceptors (Lipinski definition) is 0. The molecule has 11 heavy (non-hydrogen) atoms. The van der Waals surface area contributed by atoms with Crippen LogP contribution in [0.25, 0.3) is 0 Å². The Morgan fingerprint density at radius 3 is 2.27 bits per heavy atom. The van der Waals surface area contributed by atoms with E-state index < -0.39 is 0 Å².